The molecule has 0 radical (unpaired) electrons. The van der Waals surface area contributed by atoms with E-state index in [2.05, 4.69) is 4.98 Å². The van der Waals surface area contributed by atoms with E-state index in [-0.39, 0.29) is 23.9 Å². The lowest BCUT2D eigenvalue weighted by Gasteiger charge is -2.21. The standard InChI is InChI=1S/C11H19N3O3S/c1-2-3-7-14(8-9-15)18(16,17)11-10(12)5-4-6-13-11/h4-6,15H,2-3,7-9,12H2,1H3. The van der Waals surface area contributed by atoms with Gasteiger partial charge in [-0.3, -0.25) is 0 Å². The number of nitrogens with zero attached hydrogens (tertiary/aromatic N) is 2. The van der Waals surface area contributed by atoms with Gasteiger partial charge in [0.1, 0.15) is 0 Å². The maximum Gasteiger partial charge on any atom is 0.262 e. The molecule has 102 valence electrons. The van der Waals surface area contributed by atoms with Crippen LogP contribution in [0.15, 0.2) is 23.4 Å². The van der Waals surface area contributed by atoms with Crippen molar-refractivity contribution in [3.8, 4) is 0 Å². The molecule has 1 aromatic rings. The summed E-state index contributed by atoms with van der Waals surface area (Å²) >= 11 is 0. The number of sulfonamides is 1. The molecule has 18 heavy (non-hydrogen) atoms. The molecule has 0 aromatic carbocycles. The van der Waals surface area contributed by atoms with Gasteiger partial charge in [-0.1, -0.05) is 13.3 Å². The third-order valence-corrected chi connectivity index (χ3v) is 4.37. The van der Waals surface area contributed by atoms with Crippen LogP contribution in [-0.4, -0.2) is 42.5 Å². The van der Waals surface area contributed by atoms with Crippen LogP contribution in [0.2, 0.25) is 0 Å². The van der Waals surface area contributed by atoms with Crippen molar-refractivity contribution >= 4 is 15.7 Å². The van der Waals surface area contributed by atoms with E-state index in [1.54, 1.807) is 6.07 Å². The zero-order chi connectivity index (χ0) is 13.6. The molecule has 0 amide bonds. The molecule has 3 N–H and O–H groups in total. The Labute approximate surface area is 107 Å². The number of aromatic nitrogens is 1. The summed E-state index contributed by atoms with van der Waals surface area (Å²) in [5.41, 5.74) is 5.76. The molecule has 0 fully saturated rings. The van der Waals surface area contributed by atoms with Gasteiger partial charge in [0.25, 0.3) is 10.0 Å². The van der Waals surface area contributed by atoms with E-state index in [1.165, 1.54) is 16.6 Å². The van der Waals surface area contributed by atoms with Crippen molar-refractivity contribution in [2.75, 3.05) is 25.4 Å². The van der Waals surface area contributed by atoms with Crippen LogP contribution >= 0.6 is 0 Å². The molecule has 6 nitrogen and oxygen atoms in total. The molecular formula is C11H19N3O3S. The van der Waals surface area contributed by atoms with Gasteiger partial charge in [0.15, 0.2) is 5.03 Å². The van der Waals surface area contributed by atoms with E-state index in [9.17, 15) is 8.42 Å². The number of nitrogens with two attached hydrogens (primary N) is 1. The number of anilines is 1. The van der Waals surface area contributed by atoms with Gasteiger partial charge in [0, 0.05) is 19.3 Å². The fourth-order valence-corrected chi connectivity index (χ4v) is 3.04. The zero-order valence-corrected chi connectivity index (χ0v) is 11.2. The van der Waals surface area contributed by atoms with E-state index in [0.717, 1.165) is 12.8 Å². The monoisotopic (exact) mass is 273 g/mol. The van der Waals surface area contributed by atoms with Crippen molar-refractivity contribution in [3.05, 3.63) is 18.3 Å². The average Bonchev–Trinajstić information content (AvgIpc) is 2.34. The summed E-state index contributed by atoms with van der Waals surface area (Å²) in [4.78, 5) is 3.82. The third kappa shape index (κ3) is 3.41. The Bertz CT molecular complexity index is 476. The van der Waals surface area contributed by atoms with Gasteiger partial charge >= 0.3 is 0 Å². The van der Waals surface area contributed by atoms with E-state index in [0.29, 0.717) is 6.54 Å². The maximum absolute atomic E-state index is 12.3. The van der Waals surface area contributed by atoms with Crippen molar-refractivity contribution in [1.82, 2.24) is 9.29 Å². The summed E-state index contributed by atoms with van der Waals surface area (Å²) in [6, 6.07) is 3.08. The average molecular weight is 273 g/mol. The van der Waals surface area contributed by atoms with Crippen molar-refractivity contribution in [2.45, 2.75) is 24.8 Å². The van der Waals surface area contributed by atoms with Crippen molar-refractivity contribution < 1.29 is 13.5 Å². The summed E-state index contributed by atoms with van der Waals surface area (Å²) in [6.45, 7) is 2.16. The molecule has 0 saturated carbocycles. The summed E-state index contributed by atoms with van der Waals surface area (Å²) in [5, 5.41) is 8.81. The summed E-state index contributed by atoms with van der Waals surface area (Å²) in [7, 11) is -3.73. The summed E-state index contributed by atoms with van der Waals surface area (Å²) < 4.78 is 25.9. The molecule has 0 atom stereocenters. The molecule has 0 unspecified atom stereocenters. The fourth-order valence-electron chi connectivity index (χ4n) is 1.54. The second kappa shape index (κ2) is 6.67. The Morgan fingerprint density at radius 3 is 2.72 bits per heavy atom. The van der Waals surface area contributed by atoms with Crippen molar-refractivity contribution in [2.24, 2.45) is 0 Å². The smallest absolute Gasteiger partial charge is 0.262 e. The highest BCUT2D eigenvalue weighted by Crippen LogP contribution is 2.19. The van der Waals surface area contributed by atoms with E-state index in [1.807, 2.05) is 6.92 Å². The predicted molar refractivity (Wildman–Crippen MR) is 69.4 cm³/mol. The largest absolute Gasteiger partial charge is 0.396 e. The van der Waals surface area contributed by atoms with Gasteiger partial charge in [-0.2, -0.15) is 4.31 Å². The SMILES string of the molecule is CCCCN(CCO)S(=O)(=O)c1ncccc1N. The van der Waals surface area contributed by atoms with E-state index >= 15 is 0 Å². The van der Waals surface area contributed by atoms with Crippen LogP contribution in [0.25, 0.3) is 0 Å². The van der Waals surface area contributed by atoms with E-state index < -0.39 is 10.0 Å². The molecule has 1 rings (SSSR count). The number of nitrogen functional groups attached to an aromatic ring is 1. The first kappa shape index (κ1) is 14.9. The minimum absolute atomic E-state index is 0.0539. The number of unbranched alkanes of at least 4 members (excludes halogenated alkanes) is 1. The molecular weight excluding hydrogens is 254 g/mol. The zero-order valence-electron chi connectivity index (χ0n) is 10.4. The Kier molecular flexibility index (Phi) is 5.52. The molecule has 7 heteroatoms. The number of pyridine rings is 1. The van der Waals surface area contributed by atoms with Crippen LogP contribution in [0, 0.1) is 0 Å². The molecule has 0 aliphatic carbocycles. The fraction of sp³-hybridized carbons (Fsp3) is 0.545. The lowest BCUT2D eigenvalue weighted by Crippen LogP contribution is -2.35. The van der Waals surface area contributed by atoms with Gasteiger partial charge in [-0.05, 0) is 18.6 Å². The molecule has 0 saturated heterocycles. The first-order valence-corrected chi connectivity index (χ1v) is 7.29. The van der Waals surface area contributed by atoms with Crippen LogP contribution in [0.5, 0.6) is 0 Å². The Morgan fingerprint density at radius 1 is 1.44 bits per heavy atom. The van der Waals surface area contributed by atoms with Gasteiger partial charge in [0.05, 0.1) is 12.3 Å². The highest BCUT2D eigenvalue weighted by atomic mass is 32.2. The third-order valence-electron chi connectivity index (χ3n) is 2.50. The normalized spacial score (nSPS) is 11.9. The maximum atomic E-state index is 12.3. The van der Waals surface area contributed by atoms with Crippen LogP contribution in [-0.2, 0) is 10.0 Å². The predicted octanol–water partition coefficient (Wildman–Crippen LogP) is 0.447. The van der Waals surface area contributed by atoms with Gasteiger partial charge in [0.2, 0.25) is 0 Å². The summed E-state index contributed by atoms with van der Waals surface area (Å²) in [5.74, 6) is 0. The number of rotatable bonds is 7. The molecule has 1 heterocycles. The first-order valence-electron chi connectivity index (χ1n) is 5.85. The van der Waals surface area contributed by atoms with Gasteiger partial charge < -0.3 is 10.8 Å². The topological polar surface area (TPSA) is 96.5 Å². The van der Waals surface area contributed by atoms with Crippen molar-refractivity contribution in [3.63, 3.8) is 0 Å². The number of hydrogen-bond donors (Lipinski definition) is 2. The second-order valence-corrected chi connectivity index (χ2v) is 5.73. The number of hydrogen-bond acceptors (Lipinski definition) is 5. The van der Waals surface area contributed by atoms with Crippen LogP contribution < -0.4 is 5.73 Å². The minimum atomic E-state index is -3.73. The highest BCUT2D eigenvalue weighted by molar-refractivity contribution is 7.89. The Morgan fingerprint density at radius 2 is 2.17 bits per heavy atom. The quantitative estimate of drug-likeness (QED) is 0.751. The number of aliphatic hydroxyl groups excluding tert-OH is 1. The molecule has 0 spiro atoms. The summed E-state index contributed by atoms with van der Waals surface area (Å²) in [6.07, 6.45) is 2.99. The number of aliphatic hydroxyl groups is 1. The highest BCUT2D eigenvalue weighted by Gasteiger charge is 2.26. The van der Waals surface area contributed by atoms with Gasteiger partial charge in [-0.15, -0.1) is 0 Å². The Balaban J connectivity index is 3.05. The van der Waals surface area contributed by atoms with Crippen molar-refractivity contribution in [1.29, 1.82) is 0 Å². The van der Waals surface area contributed by atoms with E-state index in [4.69, 9.17) is 10.8 Å². The van der Waals surface area contributed by atoms with Crippen LogP contribution in [0.1, 0.15) is 19.8 Å². The molecule has 1 aromatic heterocycles. The molecule has 0 aliphatic rings. The molecule has 0 aliphatic heterocycles. The van der Waals surface area contributed by atoms with Crippen LogP contribution in [0.4, 0.5) is 5.69 Å². The lowest BCUT2D eigenvalue weighted by atomic mass is 10.3. The second-order valence-electron chi connectivity index (χ2n) is 3.88. The molecule has 0 bridgehead atoms. The minimum Gasteiger partial charge on any atom is -0.396 e. The Hall–Kier alpha value is -1.18. The lowest BCUT2D eigenvalue weighted by molar-refractivity contribution is 0.252. The van der Waals surface area contributed by atoms with Gasteiger partial charge in [-0.25, -0.2) is 13.4 Å². The first-order chi connectivity index (χ1) is 8.54. The van der Waals surface area contributed by atoms with Crippen LogP contribution in [0.3, 0.4) is 0 Å².